The van der Waals surface area contributed by atoms with Crippen molar-refractivity contribution in [3.05, 3.63) is 68.6 Å². The fourth-order valence-corrected chi connectivity index (χ4v) is 5.01. The molecule has 0 bridgehead atoms. The molecule has 0 fully saturated rings. The van der Waals surface area contributed by atoms with E-state index < -0.39 is 0 Å². The number of hydrogen-bond donors (Lipinski definition) is 1. The molecule has 0 saturated heterocycles. The Morgan fingerprint density at radius 2 is 1.90 bits per heavy atom. The van der Waals surface area contributed by atoms with Gasteiger partial charge in [-0.05, 0) is 61.2 Å². The maximum Gasteiger partial charge on any atom is 0.189 e. The van der Waals surface area contributed by atoms with Crippen LogP contribution in [0.2, 0.25) is 0 Å². The number of nitriles is 1. The van der Waals surface area contributed by atoms with Crippen molar-refractivity contribution in [2.45, 2.75) is 19.3 Å². The van der Waals surface area contributed by atoms with Gasteiger partial charge in [-0.25, -0.2) is 18.7 Å². The number of pyridine rings is 1. The lowest BCUT2D eigenvalue weighted by molar-refractivity contribution is 0.628. The predicted octanol–water partition coefficient (Wildman–Crippen LogP) is 6.50. The number of anilines is 2. The normalized spacial score (nSPS) is 12.7. The number of hydrogen-bond acceptors (Lipinski definition) is 5. The Kier molecular flexibility index (Phi) is 4.72. The molecule has 0 atom stereocenters. The molecule has 1 aliphatic rings. The van der Waals surface area contributed by atoms with Crippen LogP contribution in [0.1, 0.15) is 22.6 Å². The molecule has 0 spiro atoms. The van der Waals surface area contributed by atoms with E-state index in [2.05, 4.69) is 37.3 Å². The van der Waals surface area contributed by atoms with E-state index in [1.54, 1.807) is 12.1 Å². The summed E-state index contributed by atoms with van der Waals surface area (Å²) in [6.45, 7) is 0. The molecule has 1 N–H and O–H groups in total. The van der Waals surface area contributed by atoms with E-state index in [9.17, 15) is 14.0 Å². The molecule has 30 heavy (non-hydrogen) atoms. The molecule has 0 amide bonds. The molecule has 4 aromatic rings. The zero-order chi connectivity index (χ0) is 20.8. The predicted molar refractivity (Wildman–Crippen MR) is 117 cm³/mol. The average molecular weight is 483 g/mol. The van der Waals surface area contributed by atoms with Crippen molar-refractivity contribution < 1.29 is 8.78 Å². The highest BCUT2D eigenvalue weighted by atomic mass is 79.9. The Labute approximate surface area is 183 Å². The summed E-state index contributed by atoms with van der Waals surface area (Å²) in [6.07, 6.45) is 2.60. The third-order valence-electron chi connectivity index (χ3n) is 5.11. The molecule has 4 nitrogen and oxygen atoms in total. The Bertz CT molecular complexity index is 1340. The summed E-state index contributed by atoms with van der Waals surface area (Å²) in [4.78, 5) is 9.57. The third kappa shape index (κ3) is 3.24. The number of rotatable bonds is 3. The summed E-state index contributed by atoms with van der Waals surface area (Å²) in [6, 6.07) is 11.3. The fraction of sp³-hybridized carbons (Fsp3) is 0.136. The second kappa shape index (κ2) is 7.42. The van der Waals surface area contributed by atoms with E-state index in [0.29, 0.717) is 36.6 Å². The summed E-state index contributed by atoms with van der Waals surface area (Å²) in [5, 5.41) is 14.1. The number of fused-ring (bicyclic) bond motifs is 2. The van der Waals surface area contributed by atoms with Crippen LogP contribution >= 0.6 is 27.3 Å². The summed E-state index contributed by atoms with van der Waals surface area (Å²) in [7, 11) is 0. The topological polar surface area (TPSA) is 61.6 Å². The van der Waals surface area contributed by atoms with Gasteiger partial charge in [-0.3, -0.25) is 0 Å². The molecule has 2 heterocycles. The van der Waals surface area contributed by atoms with Crippen molar-refractivity contribution in [3.8, 4) is 17.3 Å². The van der Waals surface area contributed by atoms with E-state index in [4.69, 9.17) is 0 Å². The number of nitrogens with one attached hydrogen (secondary N) is 1. The zero-order valence-electron chi connectivity index (χ0n) is 15.5. The van der Waals surface area contributed by atoms with Crippen LogP contribution in [-0.4, -0.2) is 9.97 Å². The molecule has 5 rings (SSSR count). The van der Waals surface area contributed by atoms with E-state index in [1.165, 1.54) is 29.5 Å². The van der Waals surface area contributed by atoms with Gasteiger partial charge in [0.05, 0.1) is 5.69 Å². The minimum atomic E-state index is -0.388. The minimum Gasteiger partial charge on any atom is -0.331 e. The highest BCUT2D eigenvalue weighted by Crippen LogP contribution is 2.40. The van der Waals surface area contributed by atoms with Gasteiger partial charge >= 0.3 is 0 Å². The zero-order valence-corrected chi connectivity index (χ0v) is 17.9. The smallest absolute Gasteiger partial charge is 0.189 e. The largest absolute Gasteiger partial charge is 0.331 e. The summed E-state index contributed by atoms with van der Waals surface area (Å²) >= 11 is 4.58. The van der Waals surface area contributed by atoms with Gasteiger partial charge in [-0.15, -0.1) is 0 Å². The van der Waals surface area contributed by atoms with E-state index in [1.807, 2.05) is 6.07 Å². The first kappa shape index (κ1) is 19.1. The summed E-state index contributed by atoms with van der Waals surface area (Å²) < 4.78 is 28.5. The number of aryl methyl sites for hydroxylation is 1. The molecule has 148 valence electrons. The van der Waals surface area contributed by atoms with E-state index in [-0.39, 0.29) is 11.6 Å². The average Bonchev–Trinajstić information content (AvgIpc) is 3.36. The van der Waals surface area contributed by atoms with Crippen LogP contribution < -0.4 is 5.32 Å². The number of thiazole rings is 1. The lowest BCUT2D eigenvalue weighted by Gasteiger charge is -2.14. The van der Waals surface area contributed by atoms with Crippen LogP contribution in [0.5, 0.6) is 0 Å². The standard InChI is InChI=1S/C22H13BrF2N4S/c23-12-8-15-20(14-2-1-3-17(14)27-21(15)16(25)9-12)29-22-28-19(18(10-26)30-22)11-4-6-13(24)7-5-11/h4-9H,1-3H2,(H,27,28,29). The first-order chi connectivity index (χ1) is 14.5. The third-order valence-corrected chi connectivity index (χ3v) is 6.45. The first-order valence-corrected chi connectivity index (χ1v) is 10.9. The van der Waals surface area contributed by atoms with Crippen LogP contribution in [-0.2, 0) is 12.8 Å². The highest BCUT2D eigenvalue weighted by Gasteiger charge is 2.23. The maximum atomic E-state index is 14.6. The molecule has 0 unspecified atom stereocenters. The van der Waals surface area contributed by atoms with Crippen molar-refractivity contribution >= 4 is 49.0 Å². The van der Waals surface area contributed by atoms with Crippen LogP contribution in [0.3, 0.4) is 0 Å². The van der Waals surface area contributed by atoms with E-state index in [0.717, 1.165) is 36.2 Å². The van der Waals surface area contributed by atoms with E-state index >= 15 is 0 Å². The fourth-order valence-electron chi connectivity index (χ4n) is 3.79. The van der Waals surface area contributed by atoms with Gasteiger partial charge in [0.15, 0.2) is 10.9 Å². The van der Waals surface area contributed by atoms with Crippen LogP contribution in [0, 0.1) is 23.0 Å². The van der Waals surface area contributed by atoms with Crippen LogP contribution in [0.25, 0.3) is 22.2 Å². The minimum absolute atomic E-state index is 0.317. The second-order valence-corrected chi connectivity index (χ2v) is 8.90. The second-order valence-electron chi connectivity index (χ2n) is 6.99. The van der Waals surface area contributed by atoms with Crippen molar-refractivity contribution in [1.29, 1.82) is 5.26 Å². The molecule has 2 aromatic heterocycles. The Morgan fingerprint density at radius 3 is 2.67 bits per heavy atom. The van der Waals surface area contributed by atoms with Gasteiger partial charge in [0.2, 0.25) is 0 Å². The van der Waals surface area contributed by atoms with Gasteiger partial charge in [-0.2, -0.15) is 5.26 Å². The van der Waals surface area contributed by atoms with Crippen molar-refractivity contribution in [1.82, 2.24) is 9.97 Å². The molecule has 8 heteroatoms. The summed E-state index contributed by atoms with van der Waals surface area (Å²) in [5.41, 5.74) is 4.19. The number of aromatic nitrogens is 2. The molecule has 0 radical (unpaired) electrons. The first-order valence-electron chi connectivity index (χ1n) is 9.28. The number of benzene rings is 2. The molecule has 2 aromatic carbocycles. The van der Waals surface area contributed by atoms with Gasteiger partial charge in [0.1, 0.15) is 28.0 Å². The molecular weight excluding hydrogens is 470 g/mol. The quantitative estimate of drug-likeness (QED) is 0.361. The number of halogens is 3. The maximum absolute atomic E-state index is 14.6. The SMILES string of the molecule is N#Cc1sc(Nc2c3c(nc4c(F)cc(Br)cc24)CCC3)nc1-c1ccc(F)cc1. The van der Waals surface area contributed by atoms with Gasteiger partial charge in [0.25, 0.3) is 0 Å². The van der Waals surface area contributed by atoms with Crippen LogP contribution in [0.4, 0.5) is 19.6 Å². The Balaban J connectivity index is 1.65. The number of nitrogens with zero attached hydrogens (tertiary/aromatic N) is 3. The molecule has 1 aliphatic carbocycles. The van der Waals surface area contributed by atoms with Crippen molar-refractivity contribution in [3.63, 3.8) is 0 Å². The van der Waals surface area contributed by atoms with Crippen LogP contribution in [0.15, 0.2) is 40.9 Å². The Hall–Kier alpha value is -2.89. The molecule has 0 saturated carbocycles. The lowest BCUT2D eigenvalue weighted by Crippen LogP contribution is -2.01. The lowest BCUT2D eigenvalue weighted by atomic mass is 10.1. The Morgan fingerprint density at radius 1 is 1.10 bits per heavy atom. The summed E-state index contributed by atoms with van der Waals surface area (Å²) in [5.74, 6) is -0.738. The van der Waals surface area contributed by atoms with Crippen molar-refractivity contribution in [2.24, 2.45) is 0 Å². The molecule has 0 aliphatic heterocycles. The monoisotopic (exact) mass is 482 g/mol. The van der Waals surface area contributed by atoms with Crippen molar-refractivity contribution in [2.75, 3.05) is 5.32 Å². The molecular formula is C22H13BrF2N4S. The van der Waals surface area contributed by atoms with Gasteiger partial charge in [-0.1, -0.05) is 27.3 Å². The van der Waals surface area contributed by atoms with Gasteiger partial charge < -0.3 is 5.32 Å². The van der Waals surface area contributed by atoms with Gasteiger partial charge in [0, 0.05) is 21.1 Å². The highest BCUT2D eigenvalue weighted by molar-refractivity contribution is 9.10.